The van der Waals surface area contributed by atoms with E-state index in [2.05, 4.69) is 40.6 Å². The lowest BCUT2D eigenvalue weighted by Crippen LogP contribution is -2.59. The molecule has 1 fully saturated rings. The van der Waals surface area contributed by atoms with E-state index >= 15 is 0 Å². The second kappa shape index (κ2) is 7.09. The number of nitrogens with one attached hydrogen (secondary N) is 1. The molecule has 7 heteroatoms. The Bertz CT molecular complexity index is 877. The van der Waals surface area contributed by atoms with Gasteiger partial charge in [0, 0.05) is 30.4 Å². The Morgan fingerprint density at radius 1 is 1.32 bits per heavy atom. The first-order valence-corrected chi connectivity index (χ1v) is 10.7. The summed E-state index contributed by atoms with van der Waals surface area (Å²) in [5.41, 5.74) is 2.32. The molecule has 0 amide bonds. The van der Waals surface area contributed by atoms with Crippen LogP contribution >= 0.6 is 11.6 Å². The van der Waals surface area contributed by atoms with Gasteiger partial charge in [-0.1, -0.05) is 38.4 Å². The molecule has 25 heavy (non-hydrogen) atoms. The number of rotatable bonds is 6. The van der Waals surface area contributed by atoms with Crippen LogP contribution in [0, 0.1) is 0 Å². The zero-order chi connectivity index (χ0) is 18.2. The van der Waals surface area contributed by atoms with E-state index in [0.29, 0.717) is 30.6 Å². The minimum absolute atomic E-state index is 0.0309. The third-order valence-electron chi connectivity index (χ3n) is 4.54. The average Bonchev–Trinajstić information content (AvgIpc) is 2.49. The zero-order valence-electron chi connectivity index (χ0n) is 14.8. The Labute approximate surface area is 154 Å². The van der Waals surface area contributed by atoms with Gasteiger partial charge in [-0.2, -0.15) is 0 Å². The molecule has 0 saturated carbocycles. The van der Waals surface area contributed by atoms with Gasteiger partial charge in [-0.25, -0.2) is 18.1 Å². The fraction of sp³-hybridized carbons (Fsp3) is 0.500. The van der Waals surface area contributed by atoms with Crippen LogP contribution < -0.4 is 9.62 Å². The molecule has 2 aromatic rings. The molecule has 1 aromatic heterocycles. The van der Waals surface area contributed by atoms with Gasteiger partial charge in [0.05, 0.1) is 11.8 Å². The van der Waals surface area contributed by atoms with Crippen LogP contribution in [0.5, 0.6) is 0 Å². The predicted molar refractivity (Wildman–Crippen MR) is 104 cm³/mol. The molecule has 1 saturated heterocycles. The summed E-state index contributed by atoms with van der Waals surface area (Å²) in [6.45, 7) is 7.52. The average molecular weight is 382 g/mol. The molecular weight excluding hydrogens is 358 g/mol. The van der Waals surface area contributed by atoms with E-state index in [1.165, 1.54) is 5.56 Å². The van der Waals surface area contributed by atoms with Crippen molar-refractivity contribution in [2.45, 2.75) is 39.2 Å². The van der Waals surface area contributed by atoms with Gasteiger partial charge in [0.15, 0.2) is 0 Å². The maximum Gasteiger partial charge on any atom is 0.211 e. The third kappa shape index (κ3) is 3.91. The number of aromatic nitrogens is 1. The highest BCUT2D eigenvalue weighted by atomic mass is 35.5. The zero-order valence-corrected chi connectivity index (χ0v) is 16.4. The van der Waals surface area contributed by atoms with Crippen LogP contribution in [0.4, 0.5) is 5.69 Å². The van der Waals surface area contributed by atoms with E-state index in [4.69, 9.17) is 11.6 Å². The number of fused-ring (bicyclic) bond motifs is 1. The number of sulfonamides is 1. The smallest absolute Gasteiger partial charge is 0.211 e. The van der Waals surface area contributed by atoms with Gasteiger partial charge in [0.1, 0.15) is 5.15 Å². The summed E-state index contributed by atoms with van der Waals surface area (Å²) in [5, 5.41) is 2.66. The van der Waals surface area contributed by atoms with Gasteiger partial charge in [0.25, 0.3) is 0 Å². The largest absolute Gasteiger partial charge is 0.368 e. The van der Waals surface area contributed by atoms with Gasteiger partial charge in [0.2, 0.25) is 10.0 Å². The molecule has 0 spiro atoms. The monoisotopic (exact) mass is 381 g/mol. The Morgan fingerprint density at radius 3 is 2.68 bits per heavy atom. The van der Waals surface area contributed by atoms with E-state index < -0.39 is 10.0 Å². The van der Waals surface area contributed by atoms with Crippen LogP contribution in [0.15, 0.2) is 24.4 Å². The van der Waals surface area contributed by atoms with E-state index in [1.54, 1.807) is 0 Å². The van der Waals surface area contributed by atoms with Crippen molar-refractivity contribution in [2.24, 2.45) is 0 Å². The van der Waals surface area contributed by atoms with Crippen molar-refractivity contribution in [1.82, 2.24) is 9.71 Å². The highest BCUT2D eigenvalue weighted by Gasteiger charge is 2.31. The third-order valence-corrected chi connectivity index (χ3v) is 6.39. The van der Waals surface area contributed by atoms with Crippen LogP contribution in [0.1, 0.15) is 38.7 Å². The SMILES string of the molecule is CCCS(=O)(=O)NC1CN(c2ccc(C(C)C)c3cc(Cl)ncc23)C1. The van der Waals surface area contributed by atoms with Gasteiger partial charge < -0.3 is 4.90 Å². The standard InChI is InChI=1S/C18H24ClN3O2S/c1-4-7-25(23,24)21-13-10-22(11-13)17-6-5-14(12(2)3)15-8-18(19)20-9-16(15)17/h5-6,8-9,12-13,21H,4,7,10-11H2,1-3H3. The summed E-state index contributed by atoms with van der Waals surface area (Å²) in [7, 11) is -3.17. The van der Waals surface area contributed by atoms with Crippen molar-refractivity contribution < 1.29 is 8.42 Å². The van der Waals surface area contributed by atoms with E-state index in [-0.39, 0.29) is 11.8 Å². The molecule has 5 nitrogen and oxygen atoms in total. The molecule has 1 aromatic carbocycles. The number of pyridine rings is 1. The fourth-order valence-corrected chi connectivity index (χ4v) is 4.80. The second-order valence-electron chi connectivity index (χ2n) is 6.92. The van der Waals surface area contributed by atoms with Gasteiger partial charge in [-0.15, -0.1) is 0 Å². The lowest BCUT2D eigenvalue weighted by Gasteiger charge is -2.41. The van der Waals surface area contributed by atoms with E-state index in [9.17, 15) is 8.42 Å². The number of anilines is 1. The van der Waals surface area contributed by atoms with E-state index in [0.717, 1.165) is 16.5 Å². The molecule has 1 aliphatic heterocycles. The molecule has 0 atom stereocenters. The highest BCUT2D eigenvalue weighted by molar-refractivity contribution is 7.89. The lowest BCUT2D eigenvalue weighted by atomic mass is 9.95. The van der Waals surface area contributed by atoms with Crippen molar-refractivity contribution >= 4 is 38.1 Å². The summed E-state index contributed by atoms with van der Waals surface area (Å²) >= 11 is 6.10. The lowest BCUT2D eigenvalue weighted by molar-refractivity contribution is 0.470. The first kappa shape index (κ1) is 18.4. The first-order chi connectivity index (χ1) is 11.8. The fourth-order valence-electron chi connectivity index (χ4n) is 3.33. The molecule has 136 valence electrons. The highest BCUT2D eigenvalue weighted by Crippen LogP contribution is 2.35. The minimum atomic E-state index is -3.17. The maximum atomic E-state index is 11.9. The van der Waals surface area contributed by atoms with Gasteiger partial charge in [-0.3, -0.25) is 0 Å². The number of nitrogens with zero attached hydrogens (tertiary/aromatic N) is 2. The van der Waals surface area contributed by atoms with Gasteiger partial charge in [-0.05, 0) is 35.4 Å². The van der Waals surface area contributed by atoms with Crippen molar-refractivity contribution in [3.8, 4) is 0 Å². The number of hydrogen-bond acceptors (Lipinski definition) is 4. The molecular formula is C18H24ClN3O2S. The normalized spacial score (nSPS) is 15.8. The van der Waals surface area contributed by atoms with Crippen LogP contribution in [0.25, 0.3) is 10.8 Å². The molecule has 2 heterocycles. The second-order valence-corrected chi connectivity index (χ2v) is 9.18. The molecule has 1 aliphatic rings. The first-order valence-electron chi connectivity index (χ1n) is 8.64. The Hall–Kier alpha value is -1.37. The quantitative estimate of drug-likeness (QED) is 0.777. The number of halogens is 1. The van der Waals surface area contributed by atoms with Crippen LogP contribution in [0.2, 0.25) is 5.15 Å². The summed E-state index contributed by atoms with van der Waals surface area (Å²) in [4.78, 5) is 6.42. The molecule has 0 unspecified atom stereocenters. The molecule has 0 bridgehead atoms. The Kier molecular flexibility index (Phi) is 5.23. The van der Waals surface area contributed by atoms with Crippen LogP contribution in [-0.4, -0.2) is 38.3 Å². The van der Waals surface area contributed by atoms with Gasteiger partial charge >= 0.3 is 0 Å². The van der Waals surface area contributed by atoms with Crippen molar-refractivity contribution in [3.63, 3.8) is 0 Å². The molecule has 3 rings (SSSR count). The van der Waals surface area contributed by atoms with Crippen LogP contribution in [0.3, 0.4) is 0 Å². The summed E-state index contributed by atoms with van der Waals surface area (Å²) in [6.07, 6.45) is 2.44. The predicted octanol–water partition coefficient (Wildman–Crippen LogP) is 3.53. The molecule has 1 N–H and O–H groups in total. The van der Waals surface area contributed by atoms with Crippen LogP contribution in [-0.2, 0) is 10.0 Å². The summed E-state index contributed by atoms with van der Waals surface area (Å²) in [5.74, 6) is 0.567. The summed E-state index contributed by atoms with van der Waals surface area (Å²) < 4.78 is 26.6. The number of benzene rings is 1. The Balaban J connectivity index is 1.83. The topological polar surface area (TPSA) is 62.3 Å². The number of hydrogen-bond donors (Lipinski definition) is 1. The van der Waals surface area contributed by atoms with Crippen molar-refractivity contribution in [1.29, 1.82) is 0 Å². The summed E-state index contributed by atoms with van der Waals surface area (Å²) in [6, 6.07) is 6.12. The van der Waals surface area contributed by atoms with Crippen molar-refractivity contribution in [3.05, 3.63) is 35.1 Å². The minimum Gasteiger partial charge on any atom is -0.368 e. The van der Waals surface area contributed by atoms with E-state index in [1.807, 2.05) is 19.2 Å². The molecule has 0 radical (unpaired) electrons. The van der Waals surface area contributed by atoms with Crippen molar-refractivity contribution in [2.75, 3.05) is 23.7 Å². The maximum absolute atomic E-state index is 11.9. The Morgan fingerprint density at radius 2 is 2.04 bits per heavy atom. The molecule has 0 aliphatic carbocycles.